The third kappa shape index (κ3) is 4.37. The van der Waals surface area contributed by atoms with Gasteiger partial charge in [-0.3, -0.25) is 0 Å². The van der Waals surface area contributed by atoms with Gasteiger partial charge < -0.3 is 9.80 Å². The Balaban J connectivity index is 0.929. The molecule has 13 rings (SSSR count). The zero-order valence-electron chi connectivity index (χ0n) is 31.5. The zero-order valence-corrected chi connectivity index (χ0v) is 31.5. The Morgan fingerprint density at radius 2 is 0.724 bits per heavy atom. The molecule has 58 heavy (non-hydrogen) atoms. The lowest BCUT2D eigenvalue weighted by atomic mass is 9.84. The summed E-state index contributed by atoms with van der Waals surface area (Å²) in [7, 11) is 0. The van der Waals surface area contributed by atoms with Gasteiger partial charge >= 0.3 is 0 Å². The first-order valence-electron chi connectivity index (χ1n) is 20.1. The predicted molar refractivity (Wildman–Crippen MR) is 247 cm³/mol. The van der Waals surface area contributed by atoms with Crippen molar-refractivity contribution in [2.24, 2.45) is 0 Å². The van der Waals surface area contributed by atoms with E-state index in [9.17, 15) is 0 Å². The van der Waals surface area contributed by atoms with Crippen molar-refractivity contribution in [1.29, 1.82) is 0 Å². The third-order valence-electron chi connectivity index (χ3n) is 12.6. The summed E-state index contributed by atoms with van der Waals surface area (Å²) in [5.41, 5.74) is 14.7. The third-order valence-corrected chi connectivity index (χ3v) is 12.6. The summed E-state index contributed by atoms with van der Waals surface area (Å²) >= 11 is 0. The molecule has 0 N–H and O–H groups in total. The Kier molecular flexibility index (Phi) is 6.47. The van der Waals surface area contributed by atoms with Crippen LogP contribution in [0.2, 0.25) is 0 Å². The van der Waals surface area contributed by atoms with Crippen molar-refractivity contribution in [3.63, 3.8) is 0 Å². The van der Waals surface area contributed by atoms with Crippen LogP contribution in [-0.2, 0) is 0 Å². The highest BCUT2D eigenvalue weighted by Gasteiger charge is 2.30. The number of hydrogen-bond donors (Lipinski definition) is 0. The average Bonchev–Trinajstić information content (AvgIpc) is 3.29. The Hall–Kier alpha value is -7.68. The van der Waals surface area contributed by atoms with Crippen molar-refractivity contribution >= 4 is 88.0 Å². The molecule has 11 aromatic rings. The van der Waals surface area contributed by atoms with Gasteiger partial charge in [-0.05, 0) is 114 Å². The molecule has 11 aromatic carbocycles. The number of rotatable bonds is 3. The summed E-state index contributed by atoms with van der Waals surface area (Å²) < 4.78 is 0. The van der Waals surface area contributed by atoms with Crippen LogP contribution >= 0.6 is 0 Å². The molecule has 268 valence electrons. The standard InChI is InChI=1S/C56H34N2/c1-4-16-44-37(10-1)26-32-50-54(44)47-19-7-13-39-14-8-20-48(52(39)47)57(50)42-28-22-35(23-29-42)36-24-30-43(31-25-36)58-49-21-9-15-41-34-40-12-3-6-18-46(40)56(53(41)49)55-45-17-5-2-11-38(45)27-33-51(55)58/h1-34H. The minimum atomic E-state index is 1.15. The fraction of sp³-hybridized carbons (Fsp3) is 0. The summed E-state index contributed by atoms with van der Waals surface area (Å²) in [6.45, 7) is 0. The molecule has 0 amide bonds. The predicted octanol–water partition coefficient (Wildman–Crippen LogP) is 16.0. The van der Waals surface area contributed by atoms with E-state index in [0.29, 0.717) is 0 Å². The lowest BCUT2D eigenvalue weighted by Gasteiger charge is -2.35. The molecule has 0 aromatic heterocycles. The molecular formula is C56H34N2. The van der Waals surface area contributed by atoms with Gasteiger partial charge in [-0.2, -0.15) is 0 Å². The van der Waals surface area contributed by atoms with Crippen molar-refractivity contribution in [3.05, 3.63) is 206 Å². The minimum absolute atomic E-state index is 1.15. The zero-order chi connectivity index (χ0) is 37.9. The van der Waals surface area contributed by atoms with Crippen LogP contribution in [0.4, 0.5) is 34.1 Å². The normalized spacial score (nSPS) is 12.8. The molecule has 0 fully saturated rings. The van der Waals surface area contributed by atoms with Gasteiger partial charge in [0.2, 0.25) is 0 Å². The molecule has 2 heteroatoms. The molecule has 0 unspecified atom stereocenters. The van der Waals surface area contributed by atoms with E-state index in [1.807, 2.05) is 0 Å². The Morgan fingerprint density at radius 1 is 0.259 bits per heavy atom. The molecule has 2 aliphatic rings. The molecule has 0 radical (unpaired) electrons. The number of nitrogens with zero attached hydrogens (tertiary/aromatic N) is 2. The van der Waals surface area contributed by atoms with Gasteiger partial charge in [-0.15, -0.1) is 0 Å². The lowest BCUT2D eigenvalue weighted by Crippen LogP contribution is -2.15. The van der Waals surface area contributed by atoms with Crippen LogP contribution in [0.3, 0.4) is 0 Å². The van der Waals surface area contributed by atoms with Crippen LogP contribution < -0.4 is 9.80 Å². The van der Waals surface area contributed by atoms with E-state index >= 15 is 0 Å². The van der Waals surface area contributed by atoms with Crippen molar-refractivity contribution in [1.82, 2.24) is 0 Å². The molecule has 0 bridgehead atoms. The first kappa shape index (κ1) is 31.5. The second kappa shape index (κ2) is 11.9. The summed E-state index contributed by atoms with van der Waals surface area (Å²) in [6, 6.07) is 76.3. The molecule has 2 aliphatic heterocycles. The average molecular weight is 735 g/mol. The van der Waals surface area contributed by atoms with Gasteiger partial charge in [0.25, 0.3) is 0 Å². The lowest BCUT2D eigenvalue weighted by molar-refractivity contribution is 1.29. The smallest absolute Gasteiger partial charge is 0.0547 e. The Labute approximate surface area is 336 Å². The molecule has 2 nitrogen and oxygen atoms in total. The van der Waals surface area contributed by atoms with E-state index in [1.54, 1.807) is 0 Å². The van der Waals surface area contributed by atoms with E-state index in [0.717, 1.165) is 11.4 Å². The van der Waals surface area contributed by atoms with E-state index in [4.69, 9.17) is 0 Å². The second-order valence-corrected chi connectivity index (χ2v) is 15.7. The maximum atomic E-state index is 2.47. The van der Waals surface area contributed by atoms with Gasteiger partial charge in [-0.1, -0.05) is 152 Å². The second-order valence-electron chi connectivity index (χ2n) is 15.7. The molecule has 0 saturated heterocycles. The van der Waals surface area contributed by atoms with Gasteiger partial charge in [0.05, 0.1) is 22.7 Å². The van der Waals surface area contributed by atoms with E-state index in [1.165, 1.54) is 110 Å². The molecule has 0 saturated carbocycles. The largest absolute Gasteiger partial charge is 0.309 e. The van der Waals surface area contributed by atoms with Gasteiger partial charge in [-0.25, -0.2) is 0 Å². The molecule has 0 atom stereocenters. The number of hydrogen-bond acceptors (Lipinski definition) is 2. The van der Waals surface area contributed by atoms with Crippen LogP contribution in [0, 0.1) is 0 Å². The van der Waals surface area contributed by atoms with Crippen LogP contribution in [0.1, 0.15) is 0 Å². The quantitative estimate of drug-likeness (QED) is 0.167. The van der Waals surface area contributed by atoms with Gasteiger partial charge in [0.1, 0.15) is 0 Å². The van der Waals surface area contributed by atoms with Crippen molar-refractivity contribution in [2.75, 3.05) is 9.80 Å². The number of fused-ring (bicyclic) bond motifs is 10. The molecule has 2 heterocycles. The Bertz CT molecular complexity index is 3500. The van der Waals surface area contributed by atoms with E-state index in [-0.39, 0.29) is 0 Å². The van der Waals surface area contributed by atoms with Gasteiger partial charge in [0, 0.05) is 38.8 Å². The SMILES string of the molecule is c1ccc2c3c(ccc2c1)N(c1ccc(-c2ccc(N4c5ccc6ccccc6c5-c5c6ccccc6cc6cccc4c56)cc2)cc1)c1cccc2cccc-3c12. The van der Waals surface area contributed by atoms with Crippen molar-refractivity contribution in [3.8, 4) is 33.4 Å². The molecule has 0 aliphatic carbocycles. The summed E-state index contributed by atoms with van der Waals surface area (Å²) in [5.74, 6) is 0. The van der Waals surface area contributed by atoms with Crippen LogP contribution in [0.15, 0.2) is 206 Å². The maximum absolute atomic E-state index is 2.47. The topological polar surface area (TPSA) is 6.48 Å². The maximum Gasteiger partial charge on any atom is 0.0547 e. The highest BCUT2D eigenvalue weighted by molar-refractivity contribution is 6.26. The van der Waals surface area contributed by atoms with E-state index < -0.39 is 0 Å². The highest BCUT2D eigenvalue weighted by Crippen LogP contribution is 2.56. The first-order chi connectivity index (χ1) is 28.8. The summed E-state index contributed by atoms with van der Waals surface area (Å²) in [4.78, 5) is 4.91. The monoisotopic (exact) mass is 734 g/mol. The van der Waals surface area contributed by atoms with Gasteiger partial charge in [0.15, 0.2) is 0 Å². The van der Waals surface area contributed by atoms with E-state index in [2.05, 4.69) is 216 Å². The van der Waals surface area contributed by atoms with Crippen LogP contribution in [-0.4, -0.2) is 0 Å². The highest BCUT2D eigenvalue weighted by atomic mass is 15.2. The summed E-state index contributed by atoms with van der Waals surface area (Å²) in [5, 5.41) is 12.7. The molecular weight excluding hydrogens is 701 g/mol. The molecule has 0 spiro atoms. The van der Waals surface area contributed by atoms with Crippen molar-refractivity contribution in [2.45, 2.75) is 0 Å². The number of benzene rings is 11. The number of anilines is 6. The first-order valence-corrected chi connectivity index (χ1v) is 20.1. The van der Waals surface area contributed by atoms with Crippen molar-refractivity contribution < 1.29 is 0 Å². The summed E-state index contributed by atoms with van der Waals surface area (Å²) in [6.07, 6.45) is 0. The fourth-order valence-electron chi connectivity index (χ4n) is 10.1. The van der Waals surface area contributed by atoms with Crippen LogP contribution in [0.25, 0.3) is 87.2 Å². The Morgan fingerprint density at radius 3 is 1.34 bits per heavy atom. The van der Waals surface area contributed by atoms with Crippen LogP contribution in [0.5, 0.6) is 0 Å². The minimum Gasteiger partial charge on any atom is -0.309 e. The fourth-order valence-corrected chi connectivity index (χ4v) is 10.1.